The largest absolute Gasteiger partial charge is 1.00 e. The molecule has 4 rings (SSSR count). The van der Waals surface area contributed by atoms with Crippen LogP contribution in [0.25, 0.3) is 11.0 Å². The first-order chi connectivity index (χ1) is 12.6. The Balaban J connectivity index is 0.00000210. The van der Waals surface area contributed by atoms with Gasteiger partial charge in [0.2, 0.25) is 5.62 Å². The first-order valence-electron chi connectivity index (χ1n) is 8.32. The van der Waals surface area contributed by atoms with Crippen LogP contribution in [0.15, 0.2) is 71.3 Å². The van der Waals surface area contributed by atoms with E-state index in [0.29, 0.717) is 22.9 Å². The fraction of sp³-hybridized carbons (Fsp3) is 0.150. The maximum absolute atomic E-state index is 10.5. The van der Waals surface area contributed by atoms with Gasteiger partial charge in [-0.15, -0.1) is 0 Å². The Morgan fingerprint density at radius 2 is 1.63 bits per heavy atom. The molecular formula is C20H18Cl2N3O2-. The third-order valence-electron chi connectivity index (χ3n) is 4.49. The zero-order chi connectivity index (χ0) is 18.1. The van der Waals surface area contributed by atoms with Gasteiger partial charge in [-0.1, -0.05) is 41.9 Å². The average Bonchev–Trinajstić information content (AvgIpc) is 3.27. The van der Waals surface area contributed by atoms with E-state index in [9.17, 15) is 5.11 Å². The molecule has 0 saturated heterocycles. The summed E-state index contributed by atoms with van der Waals surface area (Å²) in [6.45, 7) is 0.727. The Bertz CT molecular complexity index is 1100. The first-order valence-corrected chi connectivity index (χ1v) is 8.70. The minimum atomic E-state index is -0.821. The summed E-state index contributed by atoms with van der Waals surface area (Å²) >= 11 is 6.30. The normalized spacial score (nSPS) is 12.1. The van der Waals surface area contributed by atoms with Crippen LogP contribution in [0.1, 0.15) is 17.4 Å². The van der Waals surface area contributed by atoms with E-state index in [1.54, 1.807) is 16.7 Å². The number of aromatic nitrogens is 2. The van der Waals surface area contributed by atoms with Crippen molar-refractivity contribution in [1.29, 1.82) is 5.41 Å². The number of hydrogen-bond donors (Lipinski definition) is 2. The summed E-state index contributed by atoms with van der Waals surface area (Å²) in [6, 6.07) is 18.9. The van der Waals surface area contributed by atoms with E-state index < -0.39 is 6.10 Å². The smallest absolute Gasteiger partial charge is 0.203 e. The standard InChI is InChI=1S/C20H18ClN3O2.ClH/c21-15-7-2-1-6-14(15)12-23-16-8-3-4-9-17(16)24(20(23)22)13-18(25)19-10-5-11-26-19;/h1-11,18,22,25H,12-13H2;1H/p-1. The Morgan fingerprint density at radius 3 is 2.30 bits per heavy atom. The van der Waals surface area contributed by atoms with E-state index in [1.807, 2.05) is 53.1 Å². The number of imidazole rings is 1. The molecule has 0 amide bonds. The Labute approximate surface area is 167 Å². The molecule has 0 bridgehead atoms. The lowest BCUT2D eigenvalue weighted by atomic mass is 10.2. The fourth-order valence-corrected chi connectivity index (χ4v) is 3.38. The van der Waals surface area contributed by atoms with Gasteiger partial charge >= 0.3 is 0 Å². The van der Waals surface area contributed by atoms with Gasteiger partial charge in [-0.05, 0) is 35.9 Å². The SMILES string of the molecule is N=c1n(Cc2ccccc2Cl)c2ccccc2n1CC(O)c1ccco1.[Cl-]. The van der Waals surface area contributed by atoms with Crippen LogP contribution in [0, 0.1) is 5.41 Å². The molecule has 5 nitrogen and oxygen atoms in total. The predicted molar refractivity (Wildman–Crippen MR) is 100 cm³/mol. The zero-order valence-electron chi connectivity index (χ0n) is 14.3. The van der Waals surface area contributed by atoms with Gasteiger partial charge in [-0.2, -0.15) is 0 Å². The molecule has 4 aromatic rings. The molecule has 1 atom stereocenters. The average molecular weight is 403 g/mol. The number of para-hydroxylation sites is 2. The van der Waals surface area contributed by atoms with Crippen LogP contribution in [-0.2, 0) is 13.1 Å². The third-order valence-corrected chi connectivity index (χ3v) is 4.86. The first kappa shape index (κ1) is 19.3. The monoisotopic (exact) mass is 402 g/mol. The lowest BCUT2D eigenvalue weighted by Gasteiger charge is -2.10. The van der Waals surface area contributed by atoms with Crippen LogP contribution >= 0.6 is 11.6 Å². The van der Waals surface area contributed by atoms with E-state index in [0.717, 1.165) is 16.6 Å². The summed E-state index contributed by atoms with van der Waals surface area (Å²) in [4.78, 5) is 0. The van der Waals surface area contributed by atoms with Crippen LogP contribution in [-0.4, -0.2) is 14.2 Å². The van der Waals surface area contributed by atoms with Crippen molar-refractivity contribution in [2.24, 2.45) is 0 Å². The topological polar surface area (TPSA) is 67.1 Å². The second-order valence-corrected chi connectivity index (χ2v) is 6.54. The number of hydrogen-bond acceptors (Lipinski definition) is 3. The Morgan fingerprint density at radius 1 is 0.963 bits per heavy atom. The molecule has 0 fully saturated rings. The van der Waals surface area contributed by atoms with Crippen molar-refractivity contribution in [2.45, 2.75) is 19.2 Å². The molecule has 7 heteroatoms. The van der Waals surface area contributed by atoms with E-state index in [1.165, 1.54) is 6.26 Å². The molecule has 0 aliphatic rings. The lowest BCUT2D eigenvalue weighted by Crippen LogP contribution is -3.00. The lowest BCUT2D eigenvalue weighted by molar-refractivity contribution is -0.00000721. The molecule has 0 spiro atoms. The van der Waals surface area contributed by atoms with Crippen molar-refractivity contribution in [1.82, 2.24) is 9.13 Å². The minimum absolute atomic E-state index is 0. The molecule has 2 aromatic carbocycles. The van der Waals surface area contributed by atoms with Crippen molar-refractivity contribution in [2.75, 3.05) is 0 Å². The van der Waals surface area contributed by atoms with Crippen molar-refractivity contribution in [3.8, 4) is 0 Å². The predicted octanol–water partition coefficient (Wildman–Crippen LogP) is 0.955. The van der Waals surface area contributed by atoms with Crippen LogP contribution in [0.4, 0.5) is 0 Å². The molecule has 1 unspecified atom stereocenters. The van der Waals surface area contributed by atoms with E-state index in [4.69, 9.17) is 21.4 Å². The second kappa shape index (κ2) is 8.05. The summed E-state index contributed by atoms with van der Waals surface area (Å²) in [5, 5.41) is 19.8. The van der Waals surface area contributed by atoms with Crippen LogP contribution in [0.2, 0.25) is 5.02 Å². The zero-order valence-corrected chi connectivity index (χ0v) is 15.9. The maximum atomic E-state index is 10.5. The number of nitrogens with one attached hydrogen (secondary N) is 1. The highest BCUT2D eigenvalue weighted by Crippen LogP contribution is 2.21. The molecule has 2 heterocycles. The molecule has 2 aromatic heterocycles. The van der Waals surface area contributed by atoms with E-state index >= 15 is 0 Å². The number of nitrogens with zero attached hydrogens (tertiary/aromatic N) is 2. The number of halogens is 2. The van der Waals surface area contributed by atoms with Crippen LogP contribution in [0.3, 0.4) is 0 Å². The molecule has 0 radical (unpaired) electrons. The van der Waals surface area contributed by atoms with Crippen LogP contribution in [0.5, 0.6) is 0 Å². The third kappa shape index (κ3) is 3.67. The van der Waals surface area contributed by atoms with Gasteiger partial charge in [-0.25, -0.2) is 0 Å². The summed E-state index contributed by atoms with van der Waals surface area (Å²) in [5.74, 6) is 0.486. The maximum Gasteiger partial charge on any atom is 0.203 e. The van der Waals surface area contributed by atoms with Gasteiger partial charge in [0.1, 0.15) is 11.9 Å². The van der Waals surface area contributed by atoms with Crippen molar-refractivity contribution < 1.29 is 21.9 Å². The number of aliphatic hydroxyl groups is 1. The van der Waals surface area contributed by atoms with E-state index in [2.05, 4.69) is 0 Å². The second-order valence-electron chi connectivity index (χ2n) is 6.13. The van der Waals surface area contributed by atoms with Crippen molar-refractivity contribution >= 4 is 22.6 Å². The summed E-state index contributed by atoms with van der Waals surface area (Å²) in [7, 11) is 0. The number of furan rings is 1. The molecule has 0 aliphatic carbocycles. The minimum Gasteiger partial charge on any atom is -1.00 e. The summed E-state index contributed by atoms with van der Waals surface area (Å²) in [6.07, 6.45) is 0.713. The van der Waals surface area contributed by atoms with Gasteiger partial charge in [0.05, 0.1) is 30.4 Å². The highest BCUT2D eigenvalue weighted by atomic mass is 35.5. The molecule has 140 valence electrons. The van der Waals surface area contributed by atoms with Crippen LogP contribution < -0.4 is 18.0 Å². The van der Waals surface area contributed by atoms with Gasteiger partial charge in [0.25, 0.3) is 0 Å². The molecular weight excluding hydrogens is 385 g/mol. The number of aliphatic hydroxyl groups excluding tert-OH is 1. The highest BCUT2D eigenvalue weighted by molar-refractivity contribution is 6.31. The molecule has 27 heavy (non-hydrogen) atoms. The Hall–Kier alpha value is -2.47. The molecule has 0 aliphatic heterocycles. The fourth-order valence-electron chi connectivity index (χ4n) is 3.18. The summed E-state index contributed by atoms with van der Waals surface area (Å²) in [5.41, 5.74) is 3.05. The molecule has 0 saturated carbocycles. The quantitative estimate of drug-likeness (QED) is 0.521. The molecule has 2 N–H and O–H groups in total. The van der Waals surface area contributed by atoms with E-state index in [-0.39, 0.29) is 19.0 Å². The van der Waals surface area contributed by atoms with Crippen molar-refractivity contribution in [3.05, 3.63) is 88.9 Å². The van der Waals surface area contributed by atoms with Crippen molar-refractivity contribution in [3.63, 3.8) is 0 Å². The summed E-state index contributed by atoms with van der Waals surface area (Å²) < 4.78 is 8.97. The number of rotatable bonds is 5. The Kier molecular flexibility index (Phi) is 5.75. The number of benzene rings is 2. The number of fused-ring (bicyclic) bond motifs is 1. The van der Waals surface area contributed by atoms with Gasteiger partial charge in [0.15, 0.2) is 0 Å². The van der Waals surface area contributed by atoms with Gasteiger partial charge in [0, 0.05) is 5.02 Å². The highest BCUT2D eigenvalue weighted by Gasteiger charge is 2.17. The van der Waals surface area contributed by atoms with Gasteiger partial charge in [-0.3, -0.25) is 5.41 Å². The van der Waals surface area contributed by atoms with Gasteiger partial charge < -0.3 is 31.1 Å².